The number of rotatable bonds is 11. The molecule has 0 atom stereocenters. The number of halogens is 4. The zero-order valence-electron chi connectivity index (χ0n) is 25.2. The Hall–Kier alpha value is -4.00. The third kappa shape index (κ3) is 8.19. The fourth-order valence-electron chi connectivity index (χ4n) is 5.25. The van der Waals surface area contributed by atoms with Crippen LogP contribution in [0, 0.1) is 26.6 Å². The van der Waals surface area contributed by atoms with E-state index < -0.39 is 56.4 Å². The van der Waals surface area contributed by atoms with Crippen LogP contribution in [0.1, 0.15) is 44.9 Å². The molecule has 3 aromatic carbocycles. The highest BCUT2D eigenvalue weighted by Gasteiger charge is 2.35. The van der Waals surface area contributed by atoms with Crippen molar-refractivity contribution in [2.75, 3.05) is 12.9 Å². The number of aryl methyl sites for hydroxylation is 3. The van der Waals surface area contributed by atoms with E-state index in [2.05, 4.69) is 4.74 Å². The average molecular weight is 648 g/mol. The van der Waals surface area contributed by atoms with Gasteiger partial charge in [0.25, 0.3) is 0 Å². The molecule has 0 bridgehead atoms. The van der Waals surface area contributed by atoms with Crippen LogP contribution in [0.5, 0.6) is 0 Å². The Labute approximate surface area is 259 Å². The number of carbonyl (C=O) groups is 1. The summed E-state index contributed by atoms with van der Waals surface area (Å²) in [6.07, 6.45) is -4.60. The van der Waals surface area contributed by atoms with E-state index >= 15 is 0 Å². The van der Waals surface area contributed by atoms with Crippen LogP contribution in [0.25, 0.3) is 11.1 Å². The number of sulfone groups is 1. The molecule has 1 N–H and O–H groups in total. The van der Waals surface area contributed by atoms with Crippen molar-refractivity contribution < 1.29 is 45.0 Å². The molecule has 0 amide bonds. The monoisotopic (exact) mass is 647 g/mol. The molecule has 45 heavy (non-hydrogen) atoms. The molecule has 0 saturated heterocycles. The predicted molar refractivity (Wildman–Crippen MR) is 159 cm³/mol. The Kier molecular flexibility index (Phi) is 10.2. The molecule has 0 radical (unpaired) electrons. The quantitative estimate of drug-likeness (QED) is 0.144. The topological polar surface area (TPSA) is 97.1 Å². The molecule has 0 unspecified atom stereocenters. The minimum absolute atomic E-state index is 0.0971. The van der Waals surface area contributed by atoms with Crippen molar-refractivity contribution in [1.82, 2.24) is 4.90 Å². The lowest BCUT2D eigenvalue weighted by Crippen LogP contribution is -2.23. The van der Waals surface area contributed by atoms with Crippen LogP contribution >= 0.6 is 0 Å². The molecule has 7 nitrogen and oxygen atoms in total. The number of ether oxygens (including phenoxy) is 1. The fraction of sp³-hybridized carbons (Fsp3) is 0.303. The summed E-state index contributed by atoms with van der Waals surface area (Å²) in [5.41, 5.74) is 5.25. The zero-order chi connectivity index (χ0) is 33.1. The summed E-state index contributed by atoms with van der Waals surface area (Å²) in [5.74, 6) is -3.92. The third-order valence-corrected chi connectivity index (χ3v) is 9.07. The highest BCUT2D eigenvalue weighted by atomic mass is 32.2. The number of hydrogen-bond acceptors (Lipinski definition) is 7. The standard InChI is InChI=1S/C33H33F4NO6S/c1-20-11-21(2)27(22(3)12-20)17-38(16-26-9-10-31(44-26)33(35,36)37)15-23-5-7-24(8-6-23)25-13-29(34)28(18-39)30(14-25)45(41,42)19-32(40)43-4/h5-14,39H,15-19H2,1-4H3. The first-order valence-electron chi connectivity index (χ1n) is 13.9. The summed E-state index contributed by atoms with van der Waals surface area (Å²) in [6, 6.07) is 15.4. The Bertz CT molecular complexity index is 1770. The van der Waals surface area contributed by atoms with Crippen LogP contribution in [0.4, 0.5) is 17.6 Å². The van der Waals surface area contributed by atoms with Gasteiger partial charge in [-0.2, -0.15) is 13.2 Å². The lowest BCUT2D eigenvalue weighted by molar-refractivity contribution is -0.153. The molecule has 0 saturated carbocycles. The number of esters is 1. The van der Waals surface area contributed by atoms with Gasteiger partial charge in [0, 0.05) is 18.7 Å². The number of benzene rings is 3. The van der Waals surface area contributed by atoms with Crippen molar-refractivity contribution in [2.24, 2.45) is 0 Å². The molecular weight excluding hydrogens is 614 g/mol. The maximum Gasteiger partial charge on any atom is 0.449 e. The van der Waals surface area contributed by atoms with E-state index in [9.17, 15) is 35.9 Å². The fourth-order valence-corrected chi connectivity index (χ4v) is 6.68. The van der Waals surface area contributed by atoms with Crippen molar-refractivity contribution >= 4 is 15.8 Å². The summed E-state index contributed by atoms with van der Waals surface area (Å²) < 4.78 is 89.8. The molecule has 4 aromatic rings. The molecule has 0 aliphatic heterocycles. The minimum Gasteiger partial charge on any atom is -0.468 e. The Morgan fingerprint density at radius 2 is 1.53 bits per heavy atom. The highest BCUT2D eigenvalue weighted by Crippen LogP contribution is 2.32. The first-order valence-corrected chi connectivity index (χ1v) is 15.5. The summed E-state index contributed by atoms with van der Waals surface area (Å²) in [4.78, 5) is 13.1. The second-order valence-electron chi connectivity index (χ2n) is 10.9. The van der Waals surface area contributed by atoms with E-state index in [1.807, 2.05) is 37.8 Å². The molecule has 0 aliphatic carbocycles. The van der Waals surface area contributed by atoms with Crippen molar-refractivity contribution in [1.29, 1.82) is 0 Å². The van der Waals surface area contributed by atoms with Gasteiger partial charge in [0.05, 0.1) is 25.2 Å². The highest BCUT2D eigenvalue weighted by molar-refractivity contribution is 7.92. The van der Waals surface area contributed by atoms with Gasteiger partial charge in [-0.05, 0) is 78.4 Å². The Morgan fingerprint density at radius 1 is 0.889 bits per heavy atom. The van der Waals surface area contributed by atoms with Gasteiger partial charge >= 0.3 is 12.1 Å². The largest absolute Gasteiger partial charge is 0.468 e. The van der Waals surface area contributed by atoms with Crippen LogP contribution < -0.4 is 0 Å². The smallest absolute Gasteiger partial charge is 0.449 e. The van der Waals surface area contributed by atoms with Crippen molar-refractivity contribution in [3.8, 4) is 11.1 Å². The van der Waals surface area contributed by atoms with Crippen LogP contribution in [0.2, 0.25) is 0 Å². The summed E-state index contributed by atoms with van der Waals surface area (Å²) in [5, 5.41) is 9.65. The number of methoxy groups -OCH3 is 1. The van der Waals surface area contributed by atoms with Gasteiger partial charge in [0.2, 0.25) is 5.76 Å². The molecule has 0 aliphatic rings. The number of nitrogens with zero attached hydrogens (tertiary/aromatic N) is 1. The second kappa shape index (κ2) is 13.6. The van der Waals surface area contributed by atoms with Crippen molar-refractivity contribution in [3.05, 3.63) is 111 Å². The maximum absolute atomic E-state index is 15.0. The molecular formula is C33H33F4NO6S. The Morgan fingerprint density at radius 3 is 2.09 bits per heavy atom. The number of carbonyl (C=O) groups excluding carboxylic acids is 1. The first kappa shape index (κ1) is 33.9. The summed E-state index contributed by atoms with van der Waals surface area (Å²) in [6.45, 7) is 5.92. The third-order valence-electron chi connectivity index (χ3n) is 7.42. The SMILES string of the molecule is COC(=O)CS(=O)(=O)c1cc(-c2ccc(CN(Cc3ccc(C(F)(F)F)o3)Cc3c(C)cc(C)cc3C)cc2)cc(F)c1CO. The maximum atomic E-state index is 15.0. The van der Waals surface area contributed by atoms with Crippen LogP contribution in [0.15, 0.2) is 70.0 Å². The molecule has 0 fully saturated rings. The van der Waals surface area contributed by atoms with E-state index in [0.29, 0.717) is 18.7 Å². The van der Waals surface area contributed by atoms with Gasteiger partial charge in [0.1, 0.15) is 11.6 Å². The number of aliphatic hydroxyl groups is 1. The van der Waals surface area contributed by atoms with Crippen LogP contribution in [-0.2, 0) is 51.8 Å². The number of furan rings is 1. The Balaban J connectivity index is 1.65. The van der Waals surface area contributed by atoms with Gasteiger partial charge in [-0.15, -0.1) is 0 Å². The lowest BCUT2D eigenvalue weighted by Gasteiger charge is -2.24. The number of hydrogen-bond donors (Lipinski definition) is 1. The molecule has 1 aromatic heterocycles. The lowest BCUT2D eigenvalue weighted by atomic mass is 9.99. The molecule has 0 spiro atoms. The van der Waals surface area contributed by atoms with Gasteiger partial charge in [-0.3, -0.25) is 9.69 Å². The van der Waals surface area contributed by atoms with E-state index in [1.165, 1.54) is 12.1 Å². The zero-order valence-corrected chi connectivity index (χ0v) is 26.0. The number of alkyl halides is 3. The molecule has 1 heterocycles. The van der Waals surface area contributed by atoms with Gasteiger partial charge in [0.15, 0.2) is 15.6 Å². The summed E-state index contributed by atoms with van der Waals surface area (Å²) >= 11 is 0. The van der Waals surface area contributed by atoms with Crippen LogP contribution in [-0.4, -0.2) is 37.3 Å². The predicted octanol–water partition coefficient (Wildman–Crippen LogP) is 6.67. The second-order valence-corrected chi connectivity index (χ2v) is 12.9. The molecule has 240 valence electrons. The summed E-state index contributed by atoms with van der Waals surface area (Å²) in [7, 11) is -3.30. The van der Waals surface area contributed by atoms with Gasteiger partial charge < -0.3 is 14.3 Å². The van der Waals surface area contributed by atoms with Crippen molar-refractivity contribution in [3.63, 3.8) is 0 Å². The van der Waals surface area contributed by atoms with E-state index in [0.717, 1.165) is 47.1 Å². The van der Waals surface area contributed by atoms with Gasteiger partial charge in [-0.1, -0.05) is 42.0 Å². The van der Waals surface area contributed by atoms with E-state index in [1.54, 1.807) is 24.3 Å². The van der Waals surface area contributed by atoms with E-state index in [4.69, 9.17) is 4.42 Å². The average Bonchev–Trinajstić information content (AvgIpc) is 3.44. The van der Waals surface area contributed by atoms with Crippen LogP contribution in [0.3, 0.4) is 0 Å². The molecule has 12 heteroatoms. The van der Waals surface area contributed by atoms with Gasteiger partial charge in [-0.25, -0.2) is 12.8 Å². The number of aliphatic hydroxyl groups excluding tert-OH is 1. The van der Waals surface area contributed by atoms with E-state index in [-0.39, 0.29) is 17.9 Å². The molecule has 4 rings (SSSR count). The first-order chi connectivity index (χ1) is 21.1. The normalized spacial score (nSPS) is 12.1. The van der Waals surface area contributed by atoms with Crippen molar-refractivity contribution in [2.45, 2.75) is 58.1 Å². The minimum atomic E-state index is -4.60.